The fourth-order valence-corrected chi connectivity index (χ4v) is 2.03. The van der Waals surface area contributed by atoms with E-state index in [2.05, 4.69) is 50.4 Å². The Bertz CT molecular complexity index is 533. The molecule has 0 aliphatic heterocycles. The number of rotatable bonds is 2. The highest BCUT2D eigenvalue weighted by molar-refractivity contribution is 5.94. The lowest BCUT2D eigenvalue weighted by molar-refractivity contribution is 1.46. The lowest BCUT2D eigenvalue weighted by atomic mass is 9.95. The van der Waals surface area contributed by atoms with Crippen LogP contribution in [0.4, 0.5) is 0 Å². The normalized spacial score (nSPS) is 9.00. The minimum Gasteiger partial charge on any atom is -0.0984 e. The van der Waals surface area contributed by atoms with Crippen molar-refractivity contribution < 1.29 is 0 Å². The summed E-state index contributed by atoms with van der Waals surface area (Å²) < 4.78 is 0. The Morgan fingerprint density at radius 2 is 1.53 bits per heavy atom. The van der Waals surface area contributed by atoms with Gasteiger partial charge >= 0.3 is 0 Å². The van der Waals surface area contributed by atoms with Crippen LogP contribution in [0.15, 0.2) is 43.5 Å². The molecule has 2 aromatic carbocycles. The summed E-state index contributed by atoms with van der Waals surface area (Å²) >= 11 is 0. The highest BCUT2D eigenvalue weighted by atomic mass is 14.1. The molecule has 2 aromatic rings. The van der Waals surface area contributed by atoms with Crippen LogP contribution in [0.5, 0.6) is 0 Å². The first-order valence-electron chi connectivity index (χ1n) is 5.05. The highest BCUT2D eigenvalue weighted by Crippen LogP contribution is 2.27. The standard InChI is InChI=1S/C15H14.2CH4/c1-4-13-11(3)10-12-8-6-7-9-15(12)14(13)5-2;;/h4-10H,1-2H2,3H3;2*1H4. The first-order chi connectivity index (χ1) is 7.27. The second kappa shape index (κ2) is 6.05. The van der Waals surface area contributed by atoms with Gasteiger partial charge in [0.1, 0.15) is 0 Å². The van der Waals surface area contributed by atoms with Crippen molar-refractivity contribution in [3.05, 3.63) is 60.2 Å². The maximum absolute atomic E-state index is 3.88. The third kappa shape index (κ3) is 2.47. The topological polar surface area (TPSA) is 0 Å². The summed E-state index contributed by atoms with van der Waals surface area (Å²) in [5, 5.41) is 2.50. The second-order valence-corrected chi connectivity index (χ2v) is 3.65. The van der Waals surface area contributed by atoms with E-state index in [0.29, 0.717) is 0 Å². The first kappa shape index (κ1) is 15.2. The highest BCUT2D eigenvalue weighted by Gasteiger charge is 2.05. The number of benzene rings is 2. The fourth-order valence-electron chi connectivity index (χ4n) is 2.03. The molecule has 0 saturated carbocycles. The summed E-state index contributed by atoms with van der Waals surface area (Å²) in [6.07, 6.45) is 3.81. The van der Waals surface area contributed by atoms with Crippen LogP contribution in [0, 0.1) is 6.92 Å². The van der Waals surface area contributed by atoms with Crippen LogP contribution < -0.4 is 0 Å². The molecule has 0 heteroatoms. The molecule has 0 spiro atoms. The van der Waals surface area contributed by atoms with Crippen molar-refractivity contribution >= 4 is 22.9 Å². The van der Waals surface area contributed by atoms with Crippen molar-refractivity contribution in [1.29, 1.82) is 0 Å². The molecule has 90 valence electrons. The molecule has 0 atom stereocenters. The van der Waals surface area contributed by atoms with E-state index in [4.69, 9.17) is 0 Å². The monoisotopic (exact) mass is 226 g/mol. The minimum atomic E-state index is 0. The zero-order valence-corrected chi connectivity index (χ0v) is 8.96. The Labute approximate surface area is 105 Å². The van der Waals surface area contributed by atoms with E-state index in [-0.39, 0.29) is 14.9 Å². The second-order valence-electron chi connectivity index (χ2n) is 3.65. The lowest BCUT2D eigenvalue weighted by Gasteiger charge is -2.10. The van der Waals surface area contributed by atoms with Gasteiger partial charge in [-0.1, -0.05) is 70.5 Å². The van der Waals surface area contributed by atoms with Crippen LogP contribution in [0.2, 0.25) is 0 Å². The predicted octanol–water partition coefficient (Wildman–Crippen LogP) is 5.71. The smallest absolute Gasteiger partial charge is 0.0105 e. The van der Waals surface area contributed by atoms with Gasteiger partial charge in [-0.2, -0.15) is 0 Å². The average Bonchev–Trinajstić information content (AvgIpc) is 2.27. The van der Waals surface area contributed by atoms with Gasteiger partial charge in [-0.25, -0.2) is 0 Å². The molecule has 0 saturated heterocycles. The van der Waals surface area contributed by atoms with Crippen LogP contribution in [0.1, 0.15) is 31.5 Å². The van der Waals surface area contributed by atoms with E-state index in [1.165, 1.54) is 27.5 Å². The van der Waals surface area contributed by atoms with Crippen molar-refractivity contribution in [2.24, 2.45) is 0 Å². The number of hydrogen-bond donors (Lipinski definition) is 0. The van der Waals surface area contributed by atoms with Gasteiger partial charge in [-0.15, -0.1) is 0 Å². The molecule has 17 heavy (non-hydrogen) atoms. The Morgan fingerprint density at radius 3 is 2.12 bits per heavy atom. The molecule has 0 N–H and O–H groups in total. The quantitative estimate of drug-likeness (QED) is 0.615. The molecule has 0 fully saturated rings. The maximum atomic E-state index is 3.88. The van der Waals surface area contributed by atoms with E-state index < -0.39 is 0 Å². The van der Waals surface area contributed by atoms with E-state index in [1.807, 2.05) is 12.2 Å². The molecule has 0 nitrogen and oxygen atoms in total. The third-order valence-corrected chi connectivity index (χ3v) is 2.75. The van der Waals surface area contributed by atoms with Crippen molar-refractivity contribution in [3.8, 4) is 0 Å². The van der Waals surface area contributed by atoms with E-state index in [0.717, 1.165) is 0 Å². The Hall–Kier alpha value is -1.82. The van der Waals surface area contributed by atoms with Crippen LogP contribution >= 0.6 is 0 Å². The molecule has 0 bridgehead atoms. The maximum Gasteiger partial charge on any atom is -0.0105 e. The summed E-state index contributed by atoms with van der Waals surface area (Å²) in [6.45, 7) is 9.85. The number of aryl methyl sites for hydroxylation is 1. The SMILES string of the molecule is C.C.C=Cc1c(C)cc2ccccc2c1C=C. The summed E-state index contributed by atoms with van der Waals surface area (Å²) in [7, 11) is 0. The zero-order valence-electron chi connectivity index (χ0n) is 8.96. The molecule has 0 aromatic heterocycles. The molecule has 0 aliphatic rings. The number of hydrogen-bond acceptors (Lipinski definition) is 0. The zero-order chi connectivity index (χ0) is 10.8. The molecule has 0 unspecified atom stereocenters. The van der Waals surface area contributed by atoms with Crippen molar-refractivity contribution in [2.45, 2.75) is 21.8 Å². The molecular formula is C17H22. The van der Waals surface area contributed by atoms with Gasteiger partial charge in [-0.3, -0.25) is 0 Å². The van der Waals surface area contributed by atoms with Crippen LogP contribution in [-0.2, 0) is 0 Å². The van der Waals surface area contributed by atoms with Gasteiger partial charge in [0, 0.05) is 0 Å². The molecule has 0 amide bonds. The van der Waals surface area contributed by atoms with E-state index in [9.17, 15) is 0 Å². The van der Waals surface area contributed by atoms with Gasteiger partial charge in [0.2, 0.25) is 0 Å². The average molecular weight is 226 g/mol. The fraction of sp³-hybridized carbons (Fsp3) is 0.176. The Balaban J connectivity index is 0.00000128. The third-order valence-electron chi connectivity index (χ3n) is 2.75. The Kier molecular flexibility index (Phi) is 5.40. The van der Waals surface area contributed by atoms with Crippen LogP contribution in [0.3, 0.4) is 0 Å². The van der Waals surface area contributed by atoms with Crippen LogP contribution in [0.25, 0.3) is 22.9 Å². The first-order valence-corrected chi connectivity index (χ1v) is 5.05. The minimum absolute atomic E-state index is 0. The Morgan fingerprint density at radius 1 is 0.941 bits per heavy atom. The molecule has 0 aliphatic carbocycles. The largest absolute Gasteiger partial charge is 0.0984 e. The van der Waals surface area contributed by atoms with Crippen LogP contribution in [-0.4, -0.2) is 0 Å². The molecule has 0 heterocycles. The van der Waals surface area contributed by atoms with Gasteiger partial charge in [-0.05, 0) is 34.4 Å². The van der Waals surface area contributed by atoms with E-state index in [1.54, 1.807) is 0 Å². The molecule has 2 rings (SSSR count). The summed E-state index contributed by atoms with van der Waals surface area (Å²) in [4.78, 5) is 0. The number of fused-ring (bicyclic) bond motifs is 1. The lowest BCUT2D eigenvalue weighted by Crippen LogP contribution is -1.88. The molecule has 0 radical (unpaired) electrons. The van der Waals surface area contributed by atoms with Crippen molar-refractivity contribution in [1.82, 2.24) is 0 Å². The van der Waals surface area contributed by atoms with Gasteiger partial charge < -0.3 is 0 Å². The summed E-state index contributed by atoms with van der Waals surface area (Å²) in [5.74, 6) is 0. The van der Waals surface area contributed by atoms with Gasteiger partial charge in [0.25, 0.3) is 0 Å². The predicted molar refractivity (Wildman–Crippen MR) is 82.3 cm³/mol. The van der Waals surface area contributed by atoms with E-state index >= 15 is 0 Å². The summed E-state index contributed by atoms with van der Waals surface area (Å²) in [6, 6.07) is 10.6. The van der Waals surface area contributed by atoms with Gasteiger partial charge in [0.15, 0.2) is 0 Å². The molecular weight excluding hydrogens is 204 g/mol. The summed E-state index contributed by atoms with van der Waals surface area (Å²) in [5.41, 5.74) is 3.61. The van der Waals surface area contributed by atoms with Crippen molar-refractivity contribution in [2.75, 3.05) is 0 Å². The van der Waals surface area contributed by atoms with Gasteiger partial charge in [0.05, 0.1) is 0 Å². The van der Waals surface area contributed by atoms with Crippen molar-refractivity contribution in [3.63, 3.8) is 0 Å².